The van der Waals surface area contributed by atoms with Crippen LogP contribution in [0.25, 0.3) is 11.0 Å². The molecular formula is C16H14N2O. The molecular weight excluding hydrogens is 236 g/mol. The summed E-state index contributed by atoms with van der Waals surface area (Å²) in [6, 6.07) is 15.8. The number of hydrogen-bond acceptors (Lipinski definition) is 3. The van der Waals surface area contributed by atoms with E-state index in [1.54, 1.807) is 6.20 Å². The lowest BCUT2D eigenvalue weighted by molar-refractivity contribution is 0.462. The van der Waals surface area contributed by atoms with Crippen LogP contribution in [0.2, 0.25) is 0 Å². The van der Waals surface area contributed by atoms with Crippen molar-refractivity contribution in [3.8, 4) is 11.6 Å². The van der Waals surface area contributed by atoms with Gasteiger partial charge in [0.05, 0.1) is 17.2 Å². The number of benzene rings is 2. The Morgan fingerprint density at radius 3 is 2.68 bits per heavy atom. The van der Waals surface area contributed by atoms with Crippen molar-refractivity contribution in [1.82, 2.24) is 9.97 Å². The summed E-state index contributed by atoms with van der Waals surface area (Å²) in [6.07, 6.45) is 2.64. The molecule has 1 aromatic heterocycles. The Balaban J connectivity index is 1.92. The average molecular weight is 250 g/mol. The monoisotopic (exact) mass is 250 g/mol. The molecule has 3 aromatic rings. The molecule has 94 valence electrons. The van der Waals surface area contributed by atoms with Crippen LogP contribution in [-0.4, -0.2) is 9.97 Å². The normalized spacial score (nSPS) is 10.6. The molecule has 0 aliphatic rings. The molecule has 0 radical (unpaired) electrons. The maximum absolute atomic E-state index is 5.76. The van der Waals surface area contributed by atoms with E-state index in [-0.39, 0.29) is 0 Å². The Bertz CT molecular complexity index is 710. The highest BCUT2D eigenvalue weighted by atomic mass is 16.5. The van der Waals surface area contributed by atoms with Gasteiger partial charge < -0.3 is 4.74 Å². The van der Waals surface area contributed by atoms with Gasteiger partial charge in [-0.3, -0.25) is 0 Å². The van der Waals surface area contributed by atoms with Crippen LogP contribution in [0.3, 0.4) is 0 Å². The Kier molecular flexibility index (Phi) is 3.11. The largest absolute Gasteiger partial charge is 0.437 e. The van der Waals surface area contributed by atoms with Crippen molar-refractivity contribution < 1.29 is 4.74 Å². The van der Waals surface area contributed by atoms with Crippen molar-refractivity contribution in [2.75, 3.05) is 0 Å². The van der Waals surface area contributed by atoms with Crippen molar-refractivity contribution in [2.45, 2.75) is 13.3 Å². The van der Waals surface area contributed by atoms with Gasteiger partial charge in [-0.1, -0.05) is 31.2 Å². The molecule has 0 spiro atoms. The minimum atomic E-state index is 0.520. The van der Waals surface area contributed by atoms with Crippen LogP contribution in [-0.2, 0) is 6.42 Å². The average Bonchev–Trinajstić information content (AvgIpc) is 2.47. The summed E-state index contributed by atoms with van der Waals surface area (Å²) in [5.74, 6) is 1.32. The predicted molar refractivity (Wildman–Crippen MR) is 75.4 cm³/mol. The topological polar surface area (TPSA) is 35.0 Å². The van der Waals surface area contributed by atoms with Gasteiger partial charge in [0.2, 0.25) is 5.88 Å². The fourth-order valence-electron chi connectivity index (χ4n) is 1.94. The summed E-state index contributed by atoms with van der Waals surface area (Å²) in [6.45, 7) is 2.12. The second-order valence-electron chi connectivity index (χ2n) is 4.30. The number of fused-ring (bicyclic) bond motifs is 1. The summed E-state index contributed by atoms with van der Waals surface area (Å²) in [5.41, 5.74) is 2.95. The fraction of sp³-hybridized carbons (Fsp3) is 0.125. The van der Waals surface area contributed by atoms with Gasteiger partial charge in [-0.05, 0) is 36.2 Å². The van der Waals surface area contributed by atoms with Gasteiger partial charge in [-0.25, -0.2) is 9.97 Å². The second-order valence-corrected chi connectivity index (χ2v) is 4.30. The highest BCUT2D eigenvalue weighted by Crippen LogP contribution is 2.21. The first kappa shape index (κ1) is 11.7. The lowest BCUT2D eigenvalue weighted by Gasteiger charge is -2.06. The summed E-state index contributed by atoms with van der Waals surface area (Å²) in [4.78, 5) is 8.77. The Hall–Kier alpha value is -2.42. The molecule has 0 bridgehead atoms. The smallest absolute Gasteiger partial charge is 0.238 e. The lowest BCUT2D eigenvalue weighted by Crippen LogP contribution is -1.91. The van der Waals surface area contributed by atoms with E-state index < -0.39 is 0 Å². The number of para-hydroxylation sites is 2. The SMILES string of the molecule is CCc1cccc(Oc2cnc3ccccc3n2)c1. The number of ether oxygens (including phenoxy) is 1. The molecule has 0 amide bonds. The zero-order valence-electron chi connectivity index (χ0n) is 10.7. The van der Waals surface area contributed by atoms with E-state index in [1.165, 1.54) is 5.56 Å². The predicted octanol–water partition coefficient (Wildman–Crippen LogP) is 3.98. The van der Waals surface area contributed by atoms with Gasteiger partial charge in [-0.15, -0.1) is 0 Å². The summed E-state index contributed by atoms with van der Waals surface area (Å²) in [7, 11) is 0. The van der Waals surface area contributed by atoms with Crippen LogP contribution in [0.4, 0.5) is 0 Å². The second kappa shape index (κ2) is 5.06. The van der Waals surface area contributed by atoms with E-state index in [0.29, 0.717) is 5.88 Å². The molecule has 0 fully saturated rings. The van der Waals surface area contributed by atoms with E-state index in [9.17, 15) is 0 Å². The number of nitrogens with zero attached hydrogens (tertiary/aromatic N) is 2. The highest BCUT2D eigenvalue weighted by Gasteiger charge is 2.02. The summed E-state index contributed by atoms with van der Waals surface area (Å²) >= 11 is 0. The molecule has 0 unspecified atom stereocenters. The first-order valence-corrected chi connectivity index (χ1v) is 6.34. The molecule has 0 N–H and O–H groups in total. The third-order valence-corrected chi connectivity index (χ3v) is 2.96. The van der Waals surface area contributed by atoms with Gasteiger partial charge in [0, 0.05) is 0 Å². The van der Waals surface area contributed by atoms with Crippen LogP contribution in [0.5, 0.6) is 11.6 Å². The van der Waals surface area contributed by atoms with E-state index >= 15 is 0 Å². The molecule has 2 aromatic carbocycles. The molecule has 0 saturated heterocycles. The van der Waals surface area contributed by atoms with Gasteiger partial charge >= 0.3 is 0 Å². The Morgan fingerprint density at radius 1 is 1.00 bits per heavy atom. The van der Waals surface area contributed by atoms with Crippen LogP contribution >= 0.6 is 0 Å². The van der Waals surface area contributed by atoms with Crippen molar-refractivity contribution in [3.05, 3.63) is 60.3 Å². The molecule has 3 nitrogen and oxygen atoms in total. The maximum atomic E-state index is 5.76. The molecule has 3 heteroatoms. The molecule has 0 aliphatic heterocycles. The van der Waals surface area contributed by atoms with Gasteiger partial charge in [-0.2, -0.15) is 0 Å². The lowest BCUT2D eigenvalue weighted by atomic mass is 10.2. The van der Waals surface area contributed by atoms with E-state index in [4.69, 9.17) is 4.74 Å². The van der Waals surface area contributed by atoms with Crippen molar-refractivity contribution in [1.29, 1.82) is 0 Å². The standard InChI is InChI=1S/C16H14N2O/c1-2-12-6-5-7-13(10-12)19-16-11-17-14-8-3-4-9-15(14)18-16/h3-11H,2H2,1H3. The molecule has 19 heavy (non-hydrogen) atoms. The van der Waals surface area contributed by atoms with Crippen LogP contribution < -0.4 is 4.74 Å². The summed E-state index contributed by atoms with van der Waals surface area (Å²) < 4.78 is 5.76. The van der Waals surface area contributed by atoms with Gasteiger partial charge in [0.25, 0.3) is 0 Å². The van der Waals surface area contributed by atoms with Crippen molar-refractivity contribution in [3.63, 3.8) is 0 Å². The fourth-order valence-corrected chi connectivity index (χ4v) is 1.94. The van der Waals surface area contributed by atoms with Gasteiger partial charge in [0.1, 0.15) is 5.75 Å². The quantitative estimate of drug-likeness (QED) is 0.705. The van der Waals surface area contributed by atoms with E-state index in [2.05, 4.69) is 23.0 Å². The Labute approximate surface area is 111 Å². The molecule has 1 heterocycles. The molecule has 0 aliphatic carbocycles. The Morgan fingerprint density at radius 2 is 1.84 bits per heavy atom. The minimum absolute atomic E-state index is 0.520. The third-order valence-electron chi connectivity index (χ3n) is 2.96. The van der Waals surface area contributed by atoms with Crippen LogP contribution in [0.15, 0.2) is 54.7 Å². The maximum Gasteiger partial charge on any atom is 0.238 e. The van der Waals surface area contributed by atoms with E-state index in [0.717, 1.165) is 23.2 Å². The third kappa shape index (κ3) is 2.55. The molecule has 0 atom stereocenters. The van der Waals surface area contributed by atoms with Crippen LogP contribution in [0, 0.1) is 0 Å². The zero-order valence-corrected chi connectivity index (χ0v) is 10.7. The highest BCUT2D eigenvalue weighted by molar-refractivity contribution is 5.74. The zero-order chi connectivity index (χ0) is 13.1. The van der Waals surface area contributed by atoms with Crippen LogP contribution in [0.1, 0.15) is 12.5 Å². The minimum Gasteiger partial charge on any atom is -0.437 e. The van der Waals surface area contributed by atoms with Crippen molar-refractivity contribution in [2.24, 2.45) is 0 Å². The molecule has 0 saturated carbocycles. The number of aromatic nitrogens is 2. The number of rotatable bonds is 3. The van der Waals surface area contributed by atoms with Crippen molar-refractivity contribution >= 4 is 11.0 Å². The molecule has 3 rings (SSSR count). The summed E-state index contributed by atoms with van der Waals surface area (Å²) in [5, 5.41) is 0. The number of hydrogen-bond donors (Lipinski definition) is 0. The van der Waals surface area contributed by atoms with Gasteiger partial charge in [0.15, 0.2) is 0 Å². The van der Waals surface area contributed by atoms with E-state index in [1.807, 2.05) is 42.5 Å². The number of aryl methyl sites for hydroxylation is 1. The first-order chi connectivity index (χ1) is 9.35. The first-order valence-electron chi connectivity index (χ1n) is 6.34.